The predicted octanol–water partition coefficient (Wildman–Crippen LogP) is 3.78. The topological polar surface area (TPSA) is 48.4 Å². The molecule has 0 saturated heterocycles. The average Bonchev–Trinajstić information content (AvgIpc) is 2.47. The predicted molar refractivity (Wildman–Crippen MR) is 79.7 cm³/mol. The first-order valence-corrected chi connectivity index (χ1v) is 7.08. The van der Waals surface area contributed by atoms with E-state index in [0.717, 1.165) is 16.7 Å². The second-order valence-electron chi connectivity index (χ2n) is 4.74. The number of aromatic nitrogens is 1. The lowest BCUT2D eigenvalue weighted by Gasteiger charge is -2.24. The van der Waals surface area contributed by atoms with Gasteiger partial charge in [-0.05, 0) is 19.9 Å². The van der Waals surface area contributed by atoms with Gasteiger partial charge in [-0.25, -0.2) is 4.79 Å². The minimum atomic E-state index is -0.368. The third kappa shape index (κ3) is 2.25. The molecule has 0 saturated carbocycles. The van der Waals surface area contributed by atoms with Crippen LogP contribution in [0.5, 0.6) is 5.75 Å². The fourth-order valence-electron chi connectivity index (χ4n) is 2.52. The van der Waals surface area contributed by atoms with Crippen LogP contribution in [0.25, 0.3) is 11.1 Å². The molecule has 0 bridgehead atoms. The maximum atomic E-state index is 12.3. The highest BCUT2D eigenvalue weighted by Gasteiger charge is 2.27. The molecule has 0 fully saturated rings. The third-order valence-electron chi connectivity index (χ3n) is 3.43. The average molecular weight is 304 g/mol. The van der Waals surface area contributed by atoms with Crippen molar-refractivity contribution < 1.29 is 14.3 Å². The summed E-state index contributed by atoms with van der Waals surface area (Å²) in [4.78, 5) is 16.6. The van der Waals surface area contributed by atoms with Gasteiger partial charge >= 0.3 is 5.97 Å². The summed E-state index contributed by atoms with van der Waals surface area (Å²) in [5.74, 6) is 0.231. The molecule has 2 aromatic rings. The molecule has 1 aliphatic heterocycles. The van der Waals surface area contributed by atoms with Crippen molar-refractivity contribution in [3.05, 3.63) is 46.2 Å². The highest BCUT2D eigenvalue weighted by molar-refractivity contribution is 6.32. The van der Waals surface area contributed by atoms with E-state index >= 15 is 0 Å². The van der Waals surface area contributed by atoms with E-state index in [-0.39, 0.29) is 5.97 Å². The lowest BCUT2D eigenvalue weighted by atomic mass is 9.92. The zero-order chi connectivity index (χ0) is 15.0. The fraction of sp³-hybridized carbons (Fsp3) is 0.250. The summed E-state index contributed by atoms with van der Waals surface area (Å²) in [7, 11) is 0. The standard InChI is InChI=1S/C16H14ClNO3/c1-3-20-16(19)13-9(2)18-7-10-8-21-15-11(14(10)13)5-4-6-12(15)17/h4-7H,3,8H2,1-2H3. The monoisotopic (exact) mass is 303 g/mol. The molecule has 5 heteroatoms. The molecule has 1 aromatic carbocycles. The molecule has 0 atom stereocenters. The number of carbonyl (C=O) groups excluding carboxylic acids is 1. The molecule has 0 unspecified atom stereocenters. The van der Waals surface area contributed by atoms with Gasteiger partial charge in [0.25, 0.3) is 0 Å². The SMILES string of the molecule is CCOC(=O)c1c(C)ncc2c1-c1cccc(Cl)c1OC2. The second kappa shape index (κ2) is 5.37. The van der Waals surface area contributed by atoms with Crippen LogP contribution in [0.3, 0.4) is 0 Å². The summed E-state index contributed by atoms with van der Waals surface area (Å²) in [5.41, 5.74) is 3.60. The molecule has 1 aliphatic rings. The lowest BCUT2D eigenvalue weighted by molar-refractivity contribution is 0.0525. The Morgan fingerprint density at radius 3 is 3.05 bits per heavy atom. The number of hydrogen-bond acceptors (Lipinski definition) is 4. The Balaban J connectivity index is 2.28. The van der Waals surface area contributed by atoms with Crippen LogP contribution in [0, 0.1) is 6.92 Å². The molecule has 0 spiro atoms. The van der Waals surface area contributed by atoms with Crippen LogP contribution in [0.2, 0.25) is 5.02 Å². The van der Waals surface area contributed by atoms with Gasteiger partial charge in [-0.1, -0.05) is 23.7 Å². The number of halogens is 1. The third-order valence-corrected chi connectivity index (χ3v) is 3.73. The maximum Gasteiger partial charge on any atom is 0.340 e. The van der Waals surface area contributed by atoms with Crippen LogP contribution in [0.15, 0.2) is 24.4 Å². The van der Waals surface area contributed by atoms with E-state index in [1.54, 1.807) is 26.1 Å². The quantitative estimate of drug-likeness (QED) is 0.792. The zero-order valence-electron chi connectivity index (χ0n) is 11.8. The fourth-order valence-corrected chi connectivity index (χ4v) is 2.75. The molecule has 3 rings (SSSR count). The van der Waals surface area contributed by atoms with Crippen molar-refractivity contribution in [1.29, 1.82) is 0 Å². The molecular formula is C16H14ClNO3. The largest absolute Gasteiger partial charge is 0.487 e. The number of esters is 1. The number of nitrogens with zero attached hydrogens (tertiary/aromatic N) is 1. The van der Waals surface area contributed by atoms with E-state index in [1.807, 2.05) is 12.1 Å². The van der Waals surface area contributed by atoms with Crippen LogP contribution in [0.1, 0.15) is 28.5 Å². The number of benzene rings is 1. The molecular weight excluding hydrogens is 290 g/mol. The van der Waals surface area contributed by atoms with Crippen molar-refractivity contribution in [3.8, 4) is 16.9 Å². The Morgan fingerprint density at radius 1 is 1.48 bits per heavy atom. The molecule has 2 heterocycles. The molecule has 21 heavy (non-hydrogen) atoms. The number of ether oxygens (including phenoxy) is 2. The normalized spacial score (nSPS) is 12.1. The van der Waals surface area contributed by atoms with E-state index in [0.29, 0.717) is 35.2 Å². The molecule has 1 aromatic heterocycles. The number of carbonyl (C=O) groups is 1. The molecule has 4 nitrogen and oxygen atoms in total. The van der Waals surface area contributed by atoms with Crippen molar-refractivity contribution in [1.82, 2.24) is 4.98 Å². The Bertz CT molecular complexity index is 728. The molecule has 0 radical (unpaired) electrons. The number of rotatable bonds is 2. The van der Waals surface area contributed by atoms with Gasteiger partial charge in [0, 0.05) is 22.9 Å². The van der Waals surface area contributed by atoms with Gasteiger partial charge in [-0.2, -0.15) is 0 Å². The second-order valence-corrected chi connectivity index (χ2v) is 5.15. The van der Waals surface area contributed by atoms with Crippen molar-refractivity contribution in [2.75, 3.05) is 6.61 Å². The summed E-state index contributed by atoms with van der Waals surface area (Å²) >= 11 is 6.18. The number of fused-ring (bicyclic) bond motifs is 3. The Hall–Kier alpha value is -2.07. The first-order valence-electron chi connectivity index (χ1n) is 6.70. The summed E-state index contributed by atoms with van der Waals surface area (Å²) in [6, 6.07) is 5.50. The molecule has 0 amide bonds. The summed E-state index contributed by atoms with van der Waals surface area (Å²) < 4.78 is 10.9. The zero-order valence-corrected chi connectivity index (χ0v) is 12.5. The van der Waals surface area contributed by atoms with Gasteiger partial charge < -0.3 is 9.47 Å². The highest BCUT2D eigenvalue weighted by atomic mass is 35.5. The number of para-hydroxylation sites is 1. The van der Waals surface area contributed by atoms with E-state index in [2.05, 4.69) is 4.98 Å². The highest BCUT2D eigenvalue weighted by Crippen LogP contribution is 2.43. The molecule has 0 aliphatic carbocycles. The van der Waals surface area contributed by atoms with Crippen LogP contribution >= 0.6 is 11.6 Å². The van der Waals surface area contributed by atoms with Crippen LogP contribution in [-0.4, -0.2) is 17.6 Å². The van der Waals surface area contributed by atoms with Gasteiger partial charge in [0.05, 0.1) is 22.9 Å². The minimum absolute atomic E-state index is 0.320. The summed E-state index contributed by atoms with van der Waals surface area (Å²) in [6.45, 7) is 4.24. The van der Waals surface area contributed by atoms with Crippen LogP contribution in [0.4, 0.5) is 0 Å². The first kappa shape index (κ1) is 13.9. The molecule has 108 valence electrons. The van der Waals surface area contributed by atoms with Gasteiger partial charge in [-0.3, -0.25) is 4.98 Å². The first-order chi connectivity index (χ1) is 10.1. The van der Waals surface area contributed by atoms with E-state index in [1.165, 1.54) is 0 Å². The van der Waals surface area contributed by atoms with Crippen molar-refractivity contribution in [2.24, 2.45) is 0 Å². The van der Waals surface area contributed by atoms with Gasteiger partial charge in [-0.15, -0.1) is 0 Å². The molecule has 0 N–H and O–H groups in total. The van der Waals surface area contributed by atoms with Gasteiger partial charge in [0.1, 0.15) is 12.4 Å². The van der Waals surface area contributed by atoms with E-state index < -0.39 is 0 Å². The van der Waals surface area contributed by atoms with Crippen LogP contribution < -0.4 is 4.74 Å². The van der Waals surface area contributed by atoms with E-state index in [9.17, 15) is 4.79 Å². The Morgan fingerprint density at radius 2 is 2.29 bits per heavy atom. The number of hydrogen-bond donors (Lipinski definition) is 0. The van der Waals surface area contributed by atoms with Gasteiger partial charge in [0.15, 0.2) is 0 Å². The minimum Gasteiger partial charge on any atom is -0.487 e. The number of pyridine rings is 1. The van der Waals surface area contributed by atoms with Gasteiger partial charge in [0.2, 0.25) is 0 Å². The number of aryl methyl sites for hydroxylation is 1. The Labute approximate surface area is 127 Å². The van der Waals surface area contributed by atoms with E-state index in [4.69, 9.17) is 21.1 Å². The Kier molecular flexibility index (Phi) is 3.55. The summed E-state index contributed by atoms with van der Waals surface area (Å²) in [6.07, 6.45) is 1.73. The maximum absolute atomic E-state index is 12.3. The van der Waals surface area contributed by atoms with Crippen LogP contribution in [-0.2, 0) is 11.3 Å². The smallest absolute Gasteiger partial charge is 0.340 e. The van der Waals surface area contributed by atoms with Crippen molar-refractivity contribution in [3.63, 3.8) is 0 Å². The van der Waals surface area contributed by atoms with Crippen molar-refractivity contribution >= 4 is 17.6 Å². The van der Waals surface area contributed by atoms with Crippen molar-refractivity contribution in [2.45, 2.75) is 20.5 Å². The lowest BCUT2D eigenvalue weighted by Crippen LogP contribution is -2.15. The summed E-state index contributed by atoms with van der Waals surface area (Å²) in [5, 5.41) is 0.530.